The zero-order valence-corrected chi connectivity index (χ0v) is 11.3. The van der Waals surface area contributed by atoms with Crippen LogP contribution in [0.3, 0.4) is 0 Å². The van der Waals surface area contributed by atoms with Gasteiger partial charge in [0.15, 0.2) is 5.75 Å². The molecule has 1 saturated heterocycles. The minimum absolute atomic E-state index is 0.140. The van der Waals surface area contributed by atoms with Gasteiger partial charge in [-0.15, -0.1) is 0 Å². The smallest absolute Gasteiger partial charge is 0.157 e. The first-order valence-corrected chi connectivity index (χ1v) is 6.79. The molecule has 0 amide bonds. The molecule has 0 saturated carbocycles. The number of hydrogen-bond acceptors (Lipinski definition) is 4. The Hall–Kier alpha value is -1.07. The maximum absolute atomic E-state index is 5.77. The first kappa shape index (κ1) is 13.4. The monoisotopic (exact) mass is 253 g/mol. The van der Waals surface area contributed by atoms with Crippen molar-refractivity contribution in [3.05, 3.63) is 12.4 Å². The molecule has 18 heavy (non-hydrogen) atoms. The molecule has 2 atom stereocenters. The van der Waals surface area contributed by atoms with Crippen LogP contribution in [-0.2, 0) is 11.3 Å². The van der Waals surface area contributed by atoms with Crippen molar-refractivity contribution < 1.29 is 9.47 Å². The minimum atomic E-state index is 0.140. The van der Waals surface area contributed by atoms with Crippen molar-refractivity contribution in [3.63, 3.8) is 0 Å². The standard InChI is InChI=1S/C13H23N3O2/c1-3-16-10-13(9-15-16)18-11(2)7-14-8-12-5-4-6-17-12/h9-12,14H,3-8H2,1-2H3. The number of aromatic nitrogens is 2. The largest absolute Gasteiger partial charge is 0.486 e. The third-order valence-electron chi connectivity index (χ3n) is 3.10. The van der Waals surface area contributed by atoms with Crippen LogP contribution in [0.4, 0.5) is 0 Å². The summed E-state index contributed by atoms with van der Waals surface area (Å²) in [5.41, 5.74) is 0. The van der Waals surface area contributed by atoms with Gasteiger partial charge in [0, 0.05) is 26.2 Å². The molecule has 2 heterocycles. The molecule has 1 aromatic heterocycles. The van der Waals surface area contributed by atoms with Crippen LogP contribution in [0.2, 0.25) is 0 Å². The van der Waals surface area contributed by atoms with Crippen molar-refractivity contribution in [2.45, 2.75) is 45.4 Å². The molecule has 1 aliphatic heterocycles. The molecule has 2 rings (SSSR count). The van der Waals surface area contributed by atoms with Crippen molar-refractivity contribution in [2.24, 2.45) is 0 Å². The number of rotatable bonds is 7. The van der Waals surface area contributed by atoms with E-state index in [1.54, 1.807) is 6.20 Å². The highest BCUT2D eigenvalue weighted by Crippen LogP contribution is 2.12. The topological polar surface area (TPSA) is 48.3 Å². The van der Waals surface area contributed by atoms with E-state index in [1.165, 1.54) is 12.8 Å². The van der Waals surface area contributed by atoms with E-state index in [1.807, 2.05) is 10.9 Å². The fourth-order valence-electron chi connectivity index (χ4n) is 2.11. The molecule has 2 unspecified atom stereocenters. The highest BCUT2D eigenvalue weighted by Gasteiger charge is 2.15. The van der Waals surface area contributed by atoms with Crippen LogP contribution >= 0.6 is 0 Å². The van der Waals surface area contributed by atoms with E-state index in [0.29, 0.717) is 6.10 Å². The Labute approximate surface area is 108 Å². The Balaban J connectivity index is 1.63. The van der Waals surface area contributed by atoms with Crippen LogP contribution in [0.25, 0.3) is 0 Å². The van der Waals surface area contributed by atoms with Gasteiger partial charge in [-0.3, -0.25) is 4.68 Å². The molecule has 1 aromatic rings. The molecule has 1 N–H and O–H groups in total. The van der Waals surface area contributed by atoms with Gasteiger partial charge in [0.1, 0.15) is 6.10 Å². The molecule has 1 aliphatic rings. The Kier molecular flexibility index (Phi) is 5.01. The van der Waals surface area contributed by atoms with Gasteiger partial charge in [-0.25, -0.2) is 0 Å². The average Bonchev–Trinajstić information content (AvgIpc) is 3.00. The van der Waals surface area contributed by atoms with Crippen LogP contribution in [0.1, 0.15) is 26.7 Å². The second-order valence-corrected chi connectivity index (χ2v) is 4.75. The quantitative estimate of drug-likeness (QED) is 0.799. The Morgan fingerprint density at radius 3 is 3.22 bits per heavy atom. The van der Waals surface area contributed by atoms with E-state index < -0.39 is 0 Å². The van der Waals surface area contributed by atoms with Crippen LogP contribution in [0.5, 0.6) is 5.75 Å². The number of ether oxygens (including phenoxy) is 2. The van der Waals surface area contributed by atoms with E-state index in [-0.39, 0.29) is 6.10 Å². The normalized spacial score (nSPS) is 21.1. The molecule has 102 valence electrons. The Bertz CT molecular complexity index is 348. The van der Waals surface area contributed by atoms with Gasteiger partial charge in [0.25, 0.3) is 0 Å². The first-order valence-electron chi connectivity index (χ1n) is 6.79. The summed E-state index contributed by atoms with van der Waals surface area (Å²) in [5.74, 6) is 0.836. The lowest BCUT2D eigenvalue weighted by molar-refractivity contribution is 0.106. The average molecular weight is 253 g/mol. The second-order valence-electron chi connectivity index (χ2n) is 4.75. The summed E-state index contributed by atoms with van der Waals surface area (Å²) in [7, 11) is 0. The molecule has 0 spiro atoms. The fraction of sp³-hybridized carbons (Fsp3) is 0.769. The summed E-state index contributed by atoms with van der Waals surface area (Å²) in [4.78, 5) is 0. The fourth-order valence-corrected chi connectivity index (χ4v) is 2.11. The number of aryl methyl sites for hydroxylation is 1. The van der Waals surface area contributed by atoms with Crippen molar-refractivity contribution in [1.29, 1.82) is 0 Å². The summed E-state index contributed by atoms with van der Waals surface area (Å²) >= 11 is 0. The predicted octanol–water partition coefficient (Wildman–Crippen LogP) is 1.44. The van der Waals surface area contributed by atoms with E-state index >= 15 is 0 Å². The SMILES string of the molecule is CCn1cc(OC(C)CNCC2CCCO2)cn1. The van der Waals surface area contributed by atoms with E-state index in [2.05, 4.69) is 24.3 Å². The van der Waals surface area contributed by atoms with Gasteiger partial charge >= 0.3 is 0 Å². The predicted molar refractivity (Wildman–Crippen MR) is 69.8 cm³/mol. The molecular formula is C13H23N3O2. The second kappa shape index (κ2) is 6.75. The molecule has 0 radical (unpaired) electrons. The molecular weight excluding hydrogens is 230 g/mol. The van der Waals surface area contributed by atoms with Gasteiger partial charge in [-0.2, -0.15) is 5.10 Å². The molecule has 0 bridgehead atoms. The minimum Gasteiger partial charge on any atom is -0.486 e. The van der Waals surface area contributed by atoms with Gasteiger partial charge in [0.05, 0.1) is 18.5 Å². The Morgan fingerprint density at radius 1 is 1.67 bits per heavy atom. The van der Waals surface area contributed by atoms with Crippen molar-refractivity contribution in [2.75, 3.05) is 19.7 Å². The van der Waals surface area contributed by atoms with Crippen LogP contribution in [0, 0.1) is 0 Å². The Morgan fingerprint density at radius 2 is 2.56 bits per heavy atom. The summed E-state index contributed by atoms with van der Waals surface area (Å²) in [6, 6.07) is 0. The molecule has 1 fully saturated rings. The van der Waals surface area contributed by atoms with Crippen LogP contribution < -0.4 is 10.1 Å². The zero-order valence-electron chi connectivity index (χ0n) is 11.3. The van der Waals surface area contributed by atoms with Crippen molar-refractivity contribution >= 4 is 0 Å². The molecule has 5 heteroatoms. The molecule has 0 aliphatic carbocycles. The maximum atomic E-state index is 5.77. The zero-order chi connectivity index (χ0) is 12.8. The summed E-state index contributed by atoms with van der Waals surface area (Å²) in [6.45, 7) is 7.65. The lowest BCUT2D eigenvalue weighted by Crippen LogP contribution is -2.34. The van der Waals surface area contributed by atoms with Crippen molar-refractivity contribution in [1.82, 2.24) is 15.1 Å². The molecule has 0 aromatic carbocycles. The van der Waals surface area contributed by atoms with Crippen molar-refractivity contribution in [3.8, 4) is 5.75 Å². The highest BCUT2D eigenvalue weighted by atomic mass is 16.5. The number of hydrogen-bond donors (Lipinski definition) is 1. The summed E-state index contributed by atoms with van der Waals surface area (Å²) in [5, 5.41) is 7.57. The van der Waals surface area contributed by atoms with Crippen LogP contribution in [-0.4, -0.2) is 41.7 Å². The highest BCUT2D eigenvalue weighted by molar-refractivity contribution is 5.12. The summed E-state index contributed by atoms with van der Waals surface area (Å²) < 4.78 is 13.2. The van der Waals surface area contributed by atoms with E-state index in [4.69, 9.17) is 9.47 Å². The van der Waals surface area contributed by atoms with E-state index in [9.17, 15) is 0 Å². The van der Waals surface area contributed by atoms with Gasteiger partial charge in [0.2, 0.25) is 0 Å². The lowest BCUT2D eigenvalue weighted by atomic mass is 10.2. The summed E-state index contributed by atoms with van der Waals surface area (Å²) in [6.07, 6.45) is 6.58. The number of nitrogens with one attached hydrogen (secondary N) is 1. The third kappa shape index (κ3) is 3.99. The molecule has 5 nitrogen and oxygen atoms in total. The number of nitrogens with zero attached hydrogens (tertiary/aromatic N) is 2. The van der Waals surface area contributed by atoms with Crippen LogP contribution in [0.15, 0.2) is 12.4 Å². The lowest BCUT2D eigenvalue weighted by Gasteiger charge is -2.16. The van der Waals surface area contributed by atoms with Gasteiger partial charge < -0.3 is 14.8 Å². The maximum Gasteiger partial charge on any atom is 0.157 e. The van der Waals surface area contributed by atoms with E-state index in [0.717, 1.165) is 32.0 Å². The first-order chi connectivity index (χ1) is 8.78. The third-order valence-corrected chi connectivity index (χ3v) is 3.10. The van der Waals surface area contributed by atoms with Gasteiger partial charge in [-0.05, 0) is 26.7 Å². The van der Waals surface area contributed by atoms with Gasteiger partial charge in [-0.1, -0.05) is 0 Å².